The second kappa shape index (κ2) is 6.47. The minimum atomic E-state index is -0.377. The third-order valence-corrected chi connectivity index (χ3v) is 2.74. The Morgan fingerprint density at radius 1 is 1.38 bits per heavy atom. The molecule has 86 valence electrons. The number of hydrogen-bond acceptors (Lipinski definition) is 3. The highest BCUT2D eigenvalue weighted by atomic mass is 127. The molecular formula is C11H12INO3. The smallest absolute Gasteiger partial charge is 0.306 e. The number of rotatable bonds is 4. The SMILES string of the molecule is CCC(=O)OCC(=O)Nc1ccccc1I. The maximum Gasteiger partial charge on any atom is 0.306 e. The second-order valence-corrected chi connectivity index (χ2v) is 4.20. The van der Waals surface area contributed by atoms with Gasteiger partial charge in [-0.3, -0.25) is 9.59 Å². The van der Waals surface area contributed by atoms with Crippen molar-refractivity contribution in [3.05, 3.63) is 27.8 Å². The van der Waals surface area contributed by atoms with E-state index < -0.39 is 0 Å². The molecule has 0 saturated carbocycles. The number of ether oxygens (including phenoxy) is 1. The molecule has 0 aliphatic heterocycles. The van der Waals surface area contributed by atoms with Gasteiger partial charge in [0.1, 0.15) is 0 Å². The van der Waals surface area contributed by atoms with Crippen LogP contribution in [0.5, 0.6) is 0 Å². The third kappa shape index (κ3) is 4.18. The molecule has 1 amide bonds. The van der Waals surface area contributed by atoms with Crippen molar-refractivity contribution in [2.75, 3.05) is 11.9 Å². The molecule has 1 N–H and O–H groups in total. The molecule has 1 aromatic rings. The standard InChI is InChI=1S/C11H12INO3/c1-2-11(15)16-7-10(14)13-9-6-4-3-5-8(9)12/h3-6H,2,7H2,1H3,(H,13,14). The Kier molecular flexibility index (Phi) is 5.24. The van der Waals surface area contributed by atoms with E-state index in [1.807, 2.05) is 18.2 Å². The first-order chi connectivity index (χ1) is 7.63. The quantitative estimate of drug-likeness (QED) is 0.679. The molecule has 5 heteroatoms. The van der Waals surface area contributed by atoms with Gasteiger partial charge in [0, 0.05) is 9.99 Å². The van der Waals surface area contributed by atoms with Crippen molar-refractivity contribution >= 4 is 40.2 Å². The molecule has 0 radical (unpaired) electrons. The molecule has 0 heterocycles. The maximum absolute atomic E-state index is 11.4. The fourth-order valence-electron chi connectivity index (χ4n) is 0.997. The zero-order chi connectivity index (χ0) is 12.0. The number of benzene rings is 1. The number of halogens is 1. The van der Waals surface area contributed by atoms with Gasteiger partial charge in [0.25, 0.3) is 5.91 Å². The maximum atomic E-state index is 11.4. The Hall–Kier alpha value is -1.11. The molecule has 0 bridgehead atoms. The zero-order valence-corrected chi connectivity index (χ0v) is 11.0. The van der Waals surface area contributed by atoms with Crippen molar-refractivity contribution in [3.8, 4) is 0 Å². The molecule has 0 unspecified atom stereocenters. The summed E-state index contributed by atoms with van der Waals surface area (Å²) in [6, 6.07) is 7.39. The highest BCUT2D eigenvalue weighted by Gasteiger charge is 2.07. The van der Waals surface area contributed by atoms with E-state index in [1.165, 1.54) is 0 Å². The summed E-state index contributed by atoms with van der Waals surface area (Å²) in [5.41, 5.74) is 0.723. The number of carbonyl (C=O) groups excluding carboxylic acids is 2. The van der Waals surface area contributed by atoms with Crippen LogP contribution >= 0.6 is 22.6 Å². The van der Waals surface area contributed by atoms with E-state index in [0.29, 0.717) is 0 Å². The fourth-order valence-corrected chi connectivity index (χ4v) is 1.52. The van der Waals surface area contributed by atoms with E-state index in [-0.39, 0.29) is 24.9 Å². The molecule has 0 spiro atoms. The molecule has 0 aromatic heterocycles. The summed E-state index contributed by atoms with van der Waals surface area (Å²) in [5.74, 6) is -0.705. The van der Waals surface area contributed by atoms with Crippen molar-refractivity contribution in [1.82, 2.24) is 0 Å². The van der Waals surface area contributed by atoms with Gasteiger partial charge in [0.05, 0.1) is 5.69 Å². The Labute approximate surface area is 108 Å². The summed E-state index contributed by atoms with van der Waals surface area (Å²) < 4.78 is 5.65. The van der Waals surface area contributed by atoms with Crippen molar-refractivity contribution in [2.24, 2.45) is 0 Å². The lowest BCUT2D eigenvalue weighted by molar-refractivity contribution is -0.146. The van der Waals surface area contributed by atoms with E-state index in [9.17, 15) is 9.59 Å². The zero-order valence-electron chi connectivity index (χ0n) is 8.83. The summed E-state index contributed by atoms with van der Waals surface area (Å²) >= 11 is 2.12. The van der Waals surface area contributed by atoms with E-state index >= 15 is 0 Å². The molecule has 0 atom stereocenters. The third-order valence-electron chi connectivity index (χ3n) is 1.80. The number of nitrogens with one attached hydrogen (secondary N) is 1. The van der Waals surface area contributed by atoms with Crippen LogP contribution in [0, 0.1) is 3.57 Å². The molecule has 4 nitrogen and oxygen atoms in total. The van der Waals surface area contributed by atoms with Crippen LogP contribution in [0.1, 0.15) is 13.3 Å². The lowest BCUT2D eigenvalue weighted by atomic mass is 10.3. The molecule has 16 heavy (non-hydrogen) atoms. The van der Waals surface area contributed by atoms with Crippen LogP contribution in [0.3, 0.4) is 0 Å². The molecule has 1 aromatic carbocycles. The van der Waals surface area contributed by atoms with Gasteiger partial charge in [0.15, 0.2) is 6.61 Å². The molecule has 0 aliphatic carbocycles. The first kappa shape index (κ1) is 13.0. The summed E-state index contributed by atoms with van der Waals surface area (Å²) in [4.78, 5) is 22.2. The van der Waals surface area contributed by atoms with Crippen LogP contribution in [0.2, 0.25) is 0 Å². The minimum absolute atomic E-state index is 0.238. The number of amides is 1. The van der Waals surface area contributed by atoms with Gasteiger partial charge in [-0.05, 0) is 34.7 Å². The summed E-state index contributed by atoms with van der Waals surface area (Å²) in [5, 5.41) is 2.67. The Balaban J connectivity index is 2.46. The monoisotopic (exact) mass is 333 g/mol. The number of para-hydroxylation sites is 1. The van der Waals surface area contributed by atoms with Gasteiger partial charge in [-0.15, -0.1) is 0 Å². The molecule has 0 aliphatic rings. The van der Waals surface area contributed by atoms with Crippen LogP contribution in [0.25, 0.3) is 0 Å². The van der Waals surface area contributed by atoms with Crippen LogP contribution in [0.15, 0.2) is 24.3 Å². The van der Waals surface area contributed by atoms with E-state index in [4.69, 9.17) is 4.74 Å². The van der Waals surface area contributed by atoms with Gasteiger partial charge in [-0.25, -0.2) is 0 Å². The Bertz CT molecular complexity index is 393. The van der Waals surface area contributed by atoms with E-state index in [1.54, 1.807) is 13.0 Å². The molecule has 0 saturated heterocycles. The second-order valence-electron chi connectivity index (χ2n) is 3.04. The van der Waals surface area contributed by atoms with Crippen LogP contribution in [-0.4, -0.2) is 18.5 Å². The topological polar surface area (TPSA) is 55.4 Å². The Morgan fingerprint density at radius 3 is 2.69 bits per heavy atom. The van der Waals surface area contributed by atoms with Crippen LogP contribution in [0.4, 0.5) is 5.69 Å². The highest BCUT2D eigenvalue weighted by molar-refractivity contribution is 14.1. The van der Waals surface area contributed by atoms with Crippen molar-refractivity contribution in [3.63, 3.8) is 0 Å². The predicted octanol–water partition coefficient (Wildman–Crippen LogP) is 2.18. The minimum Gasteiger partial charge on any atom is -0.456 e. The van der Waals surface area contributed by atoms with Gasteiger partial charge < -0.3 is 10.1 Å². The summed E-state index contributed by atoms with van der Waals surface area (Å²) in [6.07, 6.45) is 0.274. The number of anilines is 1. The highest BCUT2D eigenvalue weighted by Crippen LogP contribution is 2.16. The summed E-state index contributed by atoms with van der Waals surface area (Å²) in [7, 11) is 0. The van der Waals surface area contributed by atoms with E-state index in [2.05, 4.69) is 27.9 Å². The van der Waals surface area contributed by atoms with Crippen molar-refractivity contribution < 1.29 is 14.3 Å². The molecular weight excluding hydrogens is 321 g/mol. The van der Waals surface area contributed by atoms with Gasteiger partial charge in [-0.2, -0.15) is 0 Å². The van der Waals surface area contributed by atoms with Crippen molar-refractivity contribution in [2.45, 2.75) is 13.3 Å². The van der Waals surface area contributed by atoms with Gasteiger partial charge >= 0.3 is 5.97 Å². The largest absolute Gasteiger partial charge is 0.456 e. The number of hydrogen-bond donors (Lipinski definition) is 1. The lowest BCUT2D eigenvalue weighted by Crippen LogP contribution is -2.20. The van der Waals surface area contributed by atoms with Crippen molar-refractivity contribution in [1.29, 1.82) is 0 Å². The number of carbonyl (C=O) groups is 2. The molecule has 0 fully saturated rings. The Morgan fingerprint density at radius 2 is 2.06 bits per heavy atom. The number of esters is 1. The van der Waals surface area contributed by atoms with Crippen LogP contribution in [-0.2, 0) is 14.3 Å². The fraction of sp³-hybridized carbons (Fsp3) is 0.273. The van der Waals surface area contributed by atoms with E-state index in [0.717, 1.165) is 9.26 Å². The summed E-state index contributed by atoms with van der Waals surface area (Å²) in [6.45, 7) is 1.44. The predicted molar refractivity (Wildman–Crippen MR) is 69.0 cm³/mol. The first-order valence-corrected chi connectivity index (χ1v) is 5.91. The normalized spacial score (nSPS) is 9.62. The average Bonchev–Trinajstić information content (AvgIpc) is 2.29. The first-order valence-electron chi connectivity index (χ1n) is 4.83. The molecule has 1 rings (SSSR count). The van der Waals surface area contributed by atoms with Gasteiger partial charge in [0.2, 0.25) is 0 Å². The van der Waals surface area contributed by atoms with Crippen LogP contribution < -0.4 is 5.32 Å². The lowest BCUT2D eigenvalue weighted by Gasteiger charge is -2.07. The average molecular weight is 333 g/mol. The van der Waals surface area contributed by atoms with Gasteiger partial charge in [-0.1, -0.05) is 19.1 Å².